The van der Waals surface area contributed by atoms with Crippen molar-refractivity contribution in [1.29, 1.82) is 0 Å². The highest BCUT2D eigenvalue weighted by Crippen LogP contribution is 2.23. The van der Waals surface area contributed by atoms with Crippen molar-refractivity contribution in [2.75, 3.05) is 32.1 Å². The molecule has 2 aromatic rings. The van der Waals surface area contributed by atoms with Crippen molar-refractivity contribution in [3.05, 3.63) is 46.2 Å². The number of halogens is 1. The molecular weight excluding hydrogens is 341 g/mol. The molecule has 3 rings (SSSR count). The van der Waals surface area contributed by atoms with Gasteiger partial charge in [0.1, 0.15) is 16.5 Å². The van der Waals surface area contributed by atoms with Crippen LogP contribution >= 0.6 is 11.3 Å². The van der Waals surface area contributed by atoms with Gasteiger partial charge in [-0.1, -0.05) is 0 Å². The van der Waals surface area contributed by atoms with Crippen molar-refractivity contribution < 1.29 is 13.9 Å². The van der Waals surface area contributed by atoms with Crippen LogP contribution in [0.5, 0.6) is 0 Å². The second-order valence-electron chi connectivity index (χ2n) is 6.17. The molecule has 2 heterocycles. The van der Waals surface area contributed by atoms with E-state index in [1.807, 2.05) is 7.05 Å². The second kappa shape index (κ2) is 7.93. The fourth-order valence-electron chi connectivity index (χ4n) is 3.11. The van der Waals surface area contributed by atoms with Gasteiger partial charge in [0.2, 0.25) is 0 Å². The molecule has 134 valence electrons. The minimum atomic E-state index is -0.222. The number of hydrogen-bond donors (Lipinski definition) is 0. The molecule has 0 atom stereocenters. The number of carbonyl (C=O) groups is 1. The highest BCUT2D eigenvalue weighted by molar-refractivity contribution is 7.09. The first kappa shape index (κ1) is 17.8. The maximum Gasteiger partial charge on any atom is 0.273 e. The molecule has 25 heavy (non-hydrogen) atoms. The van der Waals surface area contributed by atoms with Crippen molar-refractivity contribution in [2.45, 2.75) is 25.5 Å². The van der Waals surface area contributed by atoms with Crippen molar-refractivity contribution in [3.8, 4) is 0 Å². The average molecular weight is 363 g/mol. The van der Waals surface area contributed by atoms with E-state index in [9.17, 15) is 9.18 Å². The molecule has 1 aliphatic heterocycles. The van der Waals surface area contributed by atoms with E-state index in [1.54, 1.807) is 29.5 Å². The number of carbonyl (C=O) groups excluding carboxylic acids is 1. The summed E-state index contributed by atoms with van der Waals surface area (Å²) in [6.45, 7) is 2.12. The quantitative estimate of drug-likeness (QED) is 0.819. The second-order valence-corrected chi connectivity index (χ2v) is 7.11. The van der Waals surface area contributed by atoms with Gasteiger partial charge in [0, 0.05) is 44.4 Å². The molecule has 0 spiro atoms. The van der Waals surface area contributed by atoms with Gasteiger partial charge in [-0.15, -0.1) is 11.3 Å². The van der Waals surface area contributed by atoms with Crippen LogP contribution in [0.2, 0.25) is 0 Å². The first-order chi connectivity index (χ1) is 12.1. The lowest BCUT2D eigenvalue weighted by Gasteiger charge is -2.37. The number of amides is 1. The number of methoxy groups -OCH3 is 1. The fraction of sp³-hybridized carbons (Fsp3) is 0.444. The fourth-order valence-corrected chi connectivity index (χ4v) is 3.85. The number of aromatic nitrogens is 1. The summed E-state index contributed by atoms with van der Waals surface area (Å²) in [6.07, 6.45) is 1.77. The Morgan fingerprint density at radius 3 is 2.68 bits per heavy atom. The Balaban J connectivity index is 1.57. The normalized spacial score (nSPS) is 15.4. The number of ether oxygens (including phenoxy) is 1. The van der Waals surface area contributed by atoms with E-state index in [4.69, 9.17) is 4.74 Å². The zero-order valence-corrected chi connectivity index (χ0v) is 15.3. The van der Waals surface area contributed by atoms with Gasteiger partial charge >= 0.3 is 0 Å². The van der Waals surface area contributed by atoms with Crippen LogP contribution in [0.25, 0.3) is 0 Å². The van der Waals surface area contributed by atoms with Gasteiger partial charge in [-0.05, 0) is 37.1 Å². The molecule has 0 N–H and O–H groups in total. The predicted octanol–water partition coefficient (Wildman–Crippen LogP) is 3.17. The molecule has 0 radical (unpaired) electrons. The molecule has 0 unspecified atom stereocenters. The number of piperidine rings is 1. The zero-order chi connectivity index (χ0) is 17.8. The first-order valence-corrected chi connectivity index (χ1v) is 9.17. The predicted molar refractivity (Wildman–Crippen MR) is 96.6 cm³/mol. The number of nitrogens with zero attached hydrogens (tertiary/aromatic N) is 3. The summed E-state index contributed by atoms with van der Waals surface area (Å²) in [6, 6.07) is 6.76. The smallest absolute Gasteiger partial charge is 0.273 e. The third-order valence-electron chi connectivity index (χ3n) is 4.56. The molecule has 1 saturated heterocycles. The SMILES string of the molecule is COCc1nc(C(=O)N(C)C2CCN(c3ccc(F)cc3)CC2)cs1. The number of rotatable bonds is 5. The summed E-state index contributed by atoms with van der Waals surface area (Å²) in [5.41, 5.74) is 1.51. The van der Waals surface area contributed by atoms with Gasteiger partial charge < -0.3 is 14.5 Å². The molecule has 7 heteroatoms. The van der Waals surface area contributed by atoms with Crippen molar-refractivity contribution in [1.82, 2.24) is 9.88 Å². The Hall–Kier alpha value is -1.99. The maximum atomic E-state index is 13.0. The van der Waals surface area contributed by atoms with Crippen LogP contribution in [0.1, 0.15) is 28.3 Å². The summed E-state index contributed by atoms with van der Waals surface area (Å²) in [7, 11) is 3.46. The molecule has 1 aliphatic rings. The van der Waals surface area contributed by atoms with Crippen molar-refractivity contribution in [2.24, 2.45) is 0 Å². The summed E-state index contributed by atoms with van der Waals surface area (Å²) in [4.78, 5) is 21.0. The summed E-state index contributed by atoms with van der Waals surface area (Å²) in [5, 5.41) is 2.60. The largest absolute Gasteiger partial charge is 0.378 e. The minimum absolute atomic E-state index is 0.0427. The average Bonchev–Trinajstić information content (AvgIpc) is 3.10. The molecule has 1 aromatic carbocycles. The monoisotopic (exact) mass is 363 g/mol. The van der Waals surface area contributed by atoms with Crippen molar-refractivity contribution in [3.63, 3.8) is 0 Å². The number of benzene rings is 1. The topological polar surface area (TPSA) is 45.7 Å². The Morgan fingerprint density at radius 2 is 2.04 bits per heavy atom. The molecule has 0 bridgehead atoms. The van der Waals surface area contributed by atoms with Gasteiger partial charge in [-0.25, -0.2) is 9.37 Å². The lowest BCUT2D eigenvalue weighted by Crippen LogP contribution is -2.45. The molecule has 5 nitrogen and oxygen atoms in total. The molecular formula is C18H22FN3O2S. The van der Waals surface area contributed by atoms with Gasteiger partial charge in [0.05, 0.1) is 6.61 Å². The van der Waals surface area contributed by atoms with Crippen molar-refractivity contribution >= 4 is 22.9 Å². The lowest BCUT2D eigenvalue weighted by molar-refractivity contribution is 0.0703. The highest BCUT2D eigenvalue weighted by atomic mass is 32.1. The van der Waals surface area contributed by atoms with Crippen LogP contribution in [0.15, 0.2) is 29.6 Å². The highest BCUT2D eigenvalue weighted by Gasteiger charge is 2.27. The molecule has 0 aliphatic carbocycles. The van der Waals surface area contributed by atoms with E-state index in [0.717, 1.165) is 36.6 Å². The number of anilines is 1. The zero-order valence-electron chi connectivity index (χ0n) is 14.4. The summed E-state index contributed by atoms with van der Waals surface area (Å²) in [5.74, 6) is -0.265. The van der Waals surface area contributed by atoms with E-state index < -0.39 is 0 Å². The lowest BCUT2D eigenvalue weighted by atomic mass is 10.0. The van der Waals surface area contributed by atoms with E-state index in [0.29, 0.717) is 12.3 Å². The van der Waals surface area contributed by atoms with E-state index in [1.165, 1.54) is 23.5 Å². The molecule has 1 fully saturated rings. The number of hydrogen-bond acceptors (Lipinski definition) is 5. The molecule has 1 aromatic heterocycles. The maximum absolute atomic E-state index is 13.0. The third-order valence-corrected chi connectivity index (χ3v) is 5.39. The Morgan fingerprint density at radius 1 is 1.36 bits per heavy atom. The summed E-state index contributed by atoms with van der Waals surface area (Å²) >= 11 is 1.44. The van der Waals surface area contributed by atoms with Crippen LogP contribution in [-0.4, -0.2) is 49.1 Å². The Bertz CT molecular complexity index is 711. The van der Waals surface area contributed by atoms with Gasteiger partial charge in [0.25, 0.3) is 5.91 Å². The van der Waals surface area contributed by atoms with Crippen LogP contribution in [0.3, 0.4) is 0 Å². The van der Waals surface area contributed by atoms with Gasteiger partial charge in [-0.3, -0.25) is 4.79 Å². The third kappa shape index (κ3) is 4.16. The van der Waals surface area contributed by atoms with Crippen LogP contribution in [-0.2, 0) is 11.3 Å². The summed E-state index contributed by atoms with van der Waals surface area (Å²) < 4.78 is 18.1. The number of thiazole rings is 1. The van der Waals surface area contributed by atoms with E-state index in [2.05, 4.69) is 9.88 Å². The van der Waals surface area contributed by atoms with Gasteiger partial charge in [0.15, 0.2) is 0 Å². The van der Waals surface area contributed by atoms with E-state index in [-0.39, 0.29) is 17.8 Å². The standard InChI is InChI=1S/C18H22FN3O2S/c1-21(18(23)16-12-25-17(20-16)11-24-2)14-7-9-22(10-8-14)15-5-3-13(19)4-6-15/h3-6,12,14H,7-11H2,1-2H3. The minimum Gasteiger partial charge on any atom is -0.378 e. The van der Waals surface area contributed by atoms with Crippen LogP contribution in [0.4, 0.5) is 10.1 Å². The van der Waals surface area contributed by atoms with Crippen LogP contribution in [0, 0.1) is 5.82 Å². The first-order valence-electron chi connectivity index (χ1n) is 8.29. The Kier molecular flexibility index (Phi) is 5.65. The van der Waals surface area contributed by atoms with Crippen LogP contribution < -0.4 is 4.90 Å². The van der Waals surface area contributed by atoms with E-state index >= 15 is 0 Å². The molecule has 0 saturated carbocycles. The Labute approximate surface area is 151 Å². The van der Waals surface area contributed by atoms with Gasteiger partial charge in [-0.2, -0.15) is 0 Å². The molecule has 1 amide bonds.